The molecule has 4 rings (SSSR count). The zero-order valence-electron chi connectivity index (χ0n) is 11.0. The van der Waals surface area contributed by atoms with Crippen molar-refractivity contribution in [1.29, 1.82) is 0 Å². The fourth-order valence-corrected chi connectivity index (χ4v) is 3.05. The smallest absolute Gasteiger partial charge is 0.119 e. The van der Waals surface area contributed by atoms with E-state index in [0.717, 1.165) is 18.6 Å². The van der Waals surface area contributed by atoms with Gasteiger partial charge in [0.15, 0.2) is 0 Å². The molecule has 0 saturated carbocycles. The number of methoxy groups -OCH3 is 1. The molecular weight excluding hydrogens is 238 g/mol. The second-order valence-electron chi connectivity index (χ2n) is 5.02. The quantitative estimate of drug-likeness (QED) is 0.724. The lowest BCUT2D eigenvalue weighted by Gasteiger charge is -2.13. The summed E-state index contributed by atoms with van der Waals surface area (Å²) in [6.45, 7) is 0. The molecule has 0 fully saturated rings. The van der Waals surface area contributed by atoms with Gasteiger partial charge in [-0.05, 0) is 36.6 Å². The number of aromatic nitrogens is 3. The van der Waals surface area contributed by atoms with Crippen LogP contribution in [0.5, 0.6) is 5.75 Å². The monoisotopic (exact) mass is 253 g/mol. The van der Waals surface area contributed by atoms with Crippen LogP contribution in [0.4, 0.5) is 0 Å². The van der Waals surface area contributed by atoms with Gasteiger partial charge in [0.1, 0.15) is 5.75 Å². The lowest BCUT2D eigenvalue weighted by molar-refractivity contribution is 0.415. The highest BCUT2D eigenvalue weighted by Gasteiger charge is 2.23. The van der Waals surface area contributed by atoms with E-state index in [0.29, 0.717) is 0 Å². The minimum atomic E-state index is 0.909. The molecule has 0 radical (unpaired) electrons. The maximum Gasteiger partial charge on any atom is 0.119 e. The molecule has 1 aliphatic rings. The Balaban J connectivity index is 2.02. The molecule has 1 aromatic carbocycles. The van der Waals surface area contributed by atoms with Gasteiger partial charge < -0.3 is 9.72 Å². The summed E-state index contributed by atoms with van der Waals surface area (Å²) in [6.07, 6.45) is 4.05. The highest BCUT2D eigenvalue weighted by molar-refractivity contribution is 5.92. The summed E-state index contributed by atoms with van der Waals surface area (Å²) in [7, 11) is 3.72. The van der Waals surface area contributed by atoms with E-state index in [-0.39, 0.29) is 0 Å². The summed E-state index contributed by atoms with van der Waals surface area (Å²) < 4.78 is 7.30. The number of aromatic amines is 1. The number of nitrogens with one attached hydrogen (secondary N) is 1. The molecule has 0 spiro atoms. The van der Waals surface area contributed by atoms with Gasteiger partial charge in [-0.1, -0.05) is 0 Å². The first-order valence-electron chi connectivity index (χ1n) is 6.48. The number of hydrogen-bond acceptors (Lipinski definition) is 2. The summed E-state index contributed by atoms with van der Waals surface area (Å²) in [6, 6.07) is 6.20. The van der Waals surface area contributed by atoms with Crippen LogP contribution in [-0.2, 0) is 19.9 Å². The van der Waals surface area contributed by atoms with Crippen LogP contribution in [0.2, 0.25) is 0 Å². The van der Waals surface area contributed by atoms with Crippen LogP contribution >= 0.6 is 0 Å². The van der Waals surface area contributed by atoms with Gasteiger partial charge in [-0.15, -0.1) is 0 Å². The van der Waals surface area contributed by atoms with Crippen molar-refractivity contribution in [3.8, 4) is 17.0 Å². The largest absolute Gasteiger partial charge is 0.497 e. The van der Waals surface area contributed by atoms with Gasteiger partial charge in [-0.25, -0.2) is 0 Å². The van der Waals surface area contributed by atoms with Gasteiger partial charge in [0, 0.05) is 29.2 Å². The average molecular weight is 253 g/mol. The Hall–Kier alpha value is -2.23. The molecule has 0 amide bonds. The normalized spacial score (nSPS) is 13.4. The van der Waals surface area contributed by atoms with Crippen LogP contribution in [-0.4, -0.2) is 21.9 Å². The Morgan fingerprint density at radius 3 is 3.05 bits per heavy atom. The summed E-state index contributed by atoms with van der Waals surface area (Å²) >= 11 is 0. The highest BCUT2D eigenvalue weighted by atomic mass is 16.5. The van der Waals surface area contributed by atoms with Crippen molar-refractivity contribution in [2.24, 2.45) is 7.05 Å². The fraction of sp³-hybridized carbons (Fsp3) is 0.267. The predicted molar refractivity (Wildman–Crippen MR) is 74.5 cm³/mol. The second-order valence-corrected chi connectivity index (χ2v) is 5.02. The molecule has 0 bridgehead atoms. The van der Waals surface area contributed by atoms with Crippen LogP contribution in [0.3, 0.4) is 0 Å². The van der Waals surface area contributed by atoms with Crippen molar-refractivity contribution in [1.82, 2.24) is 14.8 Å². The van der Waals surface area contributed by atoms with Crippen molar-refractivity contribution in [3.63, 3.8) is 0 Å². The maximum atomic E-state index is 5.33. The maximum absolute atomic E-state index is 5.33. The zero-order valence-corrected chi connectivity index (χ0v) is 11.0. The lowest BCUT2D eigenvalue weighted by atomic mass is 9.94. The second kappa shape index (κ2) is 3.63. The van der Waals surface area contributed by atoms with E-state index in [1.54, 1.807) is 7.11 Å². The highest BCUT2D eigenvalue weighted by Crippen LogP contribution is 2.38. The molecule has 3 aromatic rings. The average Bonchev–Trinajstić information content (AvgIpc) is 2.99. The van der Waals surface area contributed by atoms with Crippen molar-refractivity contribution in [2.75, 3.05) is 7.11 Å². The number of hydrogen-bond donors (Lipinski definition) is 1. The van der Waals surface area contributed by atoms with Gasteiger partial charge >= 0.3 is 0 Å². The number of fused-ring (bicyclic) bond motifs is 5. The number of rotatable bonds is 1. The number of nitrogens with zero attached hydrogens (tertiary/aromatic N) is 2. The van der Waals surface area contributed by atoms with E-state index in [4.69, 9.17) is 4.74 Å². The van der Waals surface area contributed by atoms with E-state index in [2.05, 4.69) is 22.2 Å². The van der Waals surface area contributed by atoms with Crippen molar-refractivity contribution in [2.45, 2.75) is 12.8 Å². The van der Waals surface area contributed by atoms with Crippen LogP contribution in [0.25, 0.3) is 22.2 Å². The van der Waals surface area contributed by atoms with Crippen LogP contribution in [0, 0.1) is 0 Å². The van der Waals surface area contributed by atoms with E-state index in [1.807, 2.05) is 24.0 Å². The number of aryl methyl sites for hydroxylation is 2. The standard InChI is InChI=1S/C15H15N3O/c1-18-14-6-4-10-11-7-9(19-2)3-5-13(11)17-15(10)12(14)8-16-18/h3,5,7-8,17H,4,6H2,1-2H3. The first kappa shape index (κ1) is 10.7. The molecule has 0 aliphatic heterocycles. The molecule has 4 nitrogen and oxygen atoms in total. The first-order valence-corrected chi connectivity index (χ1v) is 6.48. The van der Waals surface area contributed by atoms with Crippen LogP contribution < -0.4 is 4.74 Å². The zero-order chi connectivity index (χ0) is 13.0. The molecule has 0 saturated heterocycles. The molecule has 2 aromatic heterocycles. The third-order valence-corrected chi connectivity index (χ3v) is 4.06. The minimum absolute atomic E-state index is 0.909. The Labute approximate surface area is 111 Å². The lowest BCUT2D eigenvalue weighted by Crippen LogP contribution is -2.06. The number of benzene rings is 1. The van der Waals surface area contributed by atoms with E-state index in [1.165, 1.54) is 33.4 Å². The van der Waals surface area contributed by atoms with Gasteiger partial charge in [-0.3, -0.25) is 4.68 Å². The van der Waals surface area contributed by atoms with Crippen molar-refractivity contribution < 1.29 is 4.74 Å². The molecule has 0 unspecified atom stereocenters. The Bertz CT molecular complexity index is 782. The summed E-state index contributed by atoms with van der Waals surface area (Å²) in [4.78, 5) is 3.53. The third-order valence-electron chi connectivity index (χ3n) is 4.06. The van der Waals surface area contributed by atoms with Gasteiger partial charge in [-0.2, -0.15) is 5.10 Å². The Morgan fingerprint density at radius 2 is 2.21 bits per heavy atom. The first-order chi connectivity index (χ1) is 9.28. The number of H-pyrrole nitrogens is 1. The molecule has 19 heavy (non-hydrogen) atoms. The Kier molecular flexibility index (Phi) is 2.04. The third kappa shape index (κ3) is 1.37. The molecule has 96 valence electrons. The van der Waals surface area contributed by atoms with E-state index >= 15 is 0 Å². The summed E-state index contributed by atoms with van der Waals surface area (Å²) in [5.74, 6) is 0.909. The summed E-state index contributed by atoms with van der Waals surface area (Å²) in [5, 5.41) is 5.64. The van der Waals surface area contributed by atoms with Crippen LogP contribution in [0.1, 0.15) is 11.3 Å². The Morgan fingerprint density at radius 1 is 1.32 bits per heavy atom. The number of ether oxygens (including phenoxy) is 1. The van der Waals surface area contributed by atoms with E-state index < -0.39 is 0 Å². The minimum Gasteiger partial charge on any atom is -0.497 e. The van der Waals surface area contributed by atoms with Crippen LogP contribution in [0.15, 0.2) is 24.4 Å². The fourth-order valence-electron chi connectivity index (χ4n) is 3.05. The van der Waals surface area contributed by atoms with Gasteiger partial charge in [0.25, 0.3) is 0 Å². The molecule has 1 N–H and O–H groups in total. The van der Waals surface area contributed by atoms with Gasteiger partial charge in [0.05, 0.1) is 19.0 Å². The van der Waals surface area contributed by atoms with Crippen molar-refractivity contribution in [3.05, 3.63) is 35.7 Å². The molecule has 2 heterocycles. The molecule has 1 aliphatic carbocycles. The van der Waals surface area contributed by atoms with E-state index in [9.17, 15) is 0 Å². The molecule has 0 atom stereocenters. The van der Waals surface area contributed by atoms with Gasteiger partial charge in [0.2, 0.25) is 0 Å². The SMILES string of the molecule is COc1ccc2[nH]c3c(c2c1)CCc1c-3cnn1C. The topological polar surface area (TPSA) is 42.8 Å². The predicted octanol–water partition coefficient (Wildman–Crippen LogP) is 2.68. The summed E-state index contributed by atoms with van der Waals surface area (Å²) in [5.41, 5.74) is 6.32. The van der Waals surface area contributed by atoms with Crippen molar-refractivity contribution >= 4 is 10.9 Å². The molecular formula is C15H15N3O. The molecule has 4 heteroatoms.